The van der Waals surface area contributed by atoms with Crippen molar-refractivity contribution in [1.29, 1.82) is 0 Å². The van der Waals surface area contributed by atoms with E-state index < -0.39 is 5.97 Å². The van der Waals surface area contributed by atoms with Crippen molar-refractivity contribution in [2.24, 2.45) is 0 Å². The van der Waals surface area contributed by atoms with Gasteiger partial charge in [-0.25, -0.2) is 4.79 Å². The van der Waals surface area contributed by atoms with E-state index in [1.54, 1.807) is 36.6 Å². The van der Waals surface area contributed by atoms with Gasteiger partial charge in [0.15, 0.2) is 5.43 Å². The molecule has 0 saturated carbocycles. The van der Waals surface area contributed by atoms with Crippen LogP contribution in [0.2, 0.25) is 0 Å². The van der Waals surface area contributed by atoms with Crippen molar-refractivity contribution < 1.29 is 14.3 Å². The molecule has 2 rings (SSSR count). The SMILES string of the molecule is COC(=O)c1c(C)n(-c2ccc(OC)c(N)c2)c(C)cc1=O. The molecule has 0 amide bonds. The van der Waals surface area contributed by atoms with Crippen LogP contribution in [0.5, 0.6) is 5.75 Å². The molecule has 0 aliphatic rings. The van der Waals surface area contributed by atoms with Gasteiger partial charge in [0.05, 0.1) is 19.9 Å². The fourth-order valence-electron chi connectivity index (χ4n) is 2.49. The smallest absolute Gasteiger partial charge is 0.343 e. The molecule has 116 valence electrons. The van der Waals surface area contributed by atoms with Gasteiger partial charge in [-0.05, 0) is 32.0 Å². The van der Waals surface area contributed by atoms with Gasteiger partial charge in [0.1, 0.15) is 11.3 Å². The summed E-state index contributed by atoms with van der Waals surface area (Å²) >= 11 is 0. The fourth-order valence-corrected chi connectivity index (χ4v) is 2.49. The number of esters is 1. The van der Waals surface area contributed by atoms with Gasteiger partial charge in [0.2, 0.25) is 0 Å². The van der Waals surface area contributed by atoms with Crippen LogP contribution in [0.3, 0.4) is 0 Å². The van der Waals surface area contributed by atoms with Crippen molar-refractivity contribution in [3.8, 4) is 11.4 Å². The number of aromatic nitrogens is 1. The van der Waals surface area contributed by atoms with Gasteiger partial charge < -0.3 is 19.8 Å². The summed E-state index contributed by atoms with van der Waals surface area (Å²) in [4.78, 5) is 23.9. The predicted molar refractivity (Wildman–Crippen MR) is 83.8 cm³/mol. The van der Waals surface area contributed by atoms with Crippen molar-refractivity contribution in [3.05, 3.63) is 51.4 Å². The Hall–Kier alpha value is -2.76. The highest BCUT2D eigenvalue weighted by Gasteiger charge is 2.19. The van der Waals surface area contributed by atoms with Crippen LogP contribution in [0.1, 0.15) is 21.7 Å². The van der Waals surface area contributed by atoms with Crippen LogP contribution in [-0.2, 0) is 4.74 Å². The molecule has 0 spiro atoms. The summed E-state index contributed by atoms with van der Waals surface area (Å²) in [5, 5.41) is 0. The molecule has 0 radical (unpaired) electrons. The largest absolute Gasteiger partial charge is 0.495 e. The lowest BCUT2D eigenvalue weighted by molar-refractivity contribution is 0.0597. The molecule has 6 nitrogen and oxygen atoms in total. The molecular weight excluding hydrogens is 284 g/mol. The molecular formula is C16H18N2O4. The Labute approximate surface area is 128 Å². The maximum absolute atomic E-state index is 12.1. The monoisotopic (exact) mass is 302 g/mol. The molecule has 0 unspecified atom stereocenters. The maximum Gasteiger partial charge on any atom is 0.343 e. The first-order valence-corrected chi connectivity index (χ1v) is 6.66. The normalized spacial score (nSPS) is 10.4. The van der Waals surface area contributed by atoms with Crippen LogP contribution in [0.4, 0.5) is 5.69 Å². The number of ether oxygens (including phenoxy) is 2. The number of nitrogens with zero attached hydrogens (tertiary/aromatic N) is 1. The molecule has 0 atom stereocenters. The highest BCUT2D eigenvalue weighted by molar-refractivity contribution is 5.90. The molecule has 0 bridgehead atoms. The summed E-state index contributed by atoms with van der Waals surface area (Å²) in [6, 6.07) is 6.67. The van der Waals surface area contributed by atoms with Crippen molar-refractivity contribution in [1.82, 2.24) is 4.57 Å². The van der Waals surface area contributed by atoms with Crippen LogP contribution < -0.4 is 15.9 Å². The first-order valence-electron chi connectivity index (χ1n) is 6.66. The third-order valence-electron chi connectivity index (χ3n) is 3.50. The average molecular weight is 302 g/mol. The predicted octanol–water partition coefficient (Wildman–Crippen LogP) is 1.83. The molecule has 0 fully saturated rings. The Balaban J connectivity index is 2.73. The van der Waals surface area contributed by atoms with E-state index in [0.717, 1.165) is 5.69 Å². The van der Waals surface area contributed by atoms with Crippen molar-refractivity contribution >= 4 is 11.7 Å². The standard InChI is InChI=1S/C16H18N2O4/c1-9-7-13(19)15(16(20)22-4)10(2)18(9)11-5-6-14(21-3)12(17)8-11/h5-8H,17H2,1-4H3. The fraction of sp³-hybridized carbons (Fsp3) is 0.250. The number of nitrogens with two attached hydrogens (primary N) is 1. The lowest BCUT2D eigenvalue weighted by Gasteiger charge is -2.18. The molecule has 0 aliphatic heterocycles. The highest BCUT2D eigenvalue weighted by Crippen LogP contribution is 2.25. The maximum atomic E-state index is 12.1. The van der Waals surface area contributed by atoms with E-state index in [1.807, 2.05) is 0 Å². The molecule has 22 heavy (non-hydrogen) atoms. The summed E-state index contributed by atoms with van der Waals surface area (Å²) in [5.74, 6) is -0.0916. The number of methoxy groups -OCH3 is 2. The van der Waals surface area contributed by atoms with Crippen molar-refractivity contribution in [2.75, 3.05) is 20.0 Å². The second-order valence-electron chi connectivity index (χ2n) is 4.86. The number of carbonyl (C=O) groups is 1. The van der Waals surface area contributed by atoms with E-state index in [1.165, 1.54) is 20.3 Å². The van der Waals surface area contributed by atoms with E-state index in [-0.39, 0.29) is 11.0 Å². The first kappa shape index (κ1) is 15.6. The van der Waals surface area contributed by atoms with Crippen LogP contribution in [0, 0.1) is 13.8 Å². The number of aryl methyl sites for hydroxylation is 1. The van der Waals surface area contributed by atoms with Crippen LogP contribution in [0.15, 0.2) is 29.1 Å². The average Bonchev–Trinajstić information content (AvgIpc) is 2.46. The summed E-state index contributed by atoms with van der Waals surface area (Å²) in [5.41, 5.74) is 7.99. The van der Waals surface area contributed by atoms with Gasteiger partial charge in [0, 0.05) is 23.1 Å². The number of carbonyl (C=O) groups excluding carboxylic acids is 1. The zero-order chi connectivity index (χ0) is 16.4. The number of hydrogen-bond acceptors (Lipinski definition) is 5. The molecule has 1 heterocycles. The van der Waals surface area contributed by atoms with Crippen LogP contribution in [-0.4, -0.2) is 24.8 Å². The topological polar surface area (TPSA) is 83.6 Å². The lowest BCUT2D eigenvalue weighted by Crippen LogP contribution is -2.23. The highest BCUT2D eigenvalue weighted by atomic mass is 16.5. The van der Waals surface area contributed by atoms with Crippen molar-refractivity contribution in [3.63, 3.8) is 0 Å². The van der Waals surface area contributed by atoms with E-state index in [0.29, 0.717) is 22.8 Å². The molecule has 2 N–H and O–H groups in total. The van der Waals surface area contributed by atoms with Gasteiger partial charge in [-0.15, -0.1) is 0 Å². The number of hydrogen-bond donors (Lipinski definition) is 1. The van der Waals surface area contributed by atoms with Crippen molar-refractivity contribution in [2.45, 2.75) is 13.8 Å². The molecule has 0 aliphatic carbocycles. The molecule has 1 aromatic heterocycles. The van der Waals surface area contributed by atoms with Gasteiger partial charge in [-0.1, -0.05) is 0 Å². The number of anilines is 1. The van der Waals surface area contributed by atoms with E-state index in [2.05, 4.69) is 0 Å². The van der Waals surface area contributed by atoms with E-state index >= 15 is 0 Å². The third-order valence-corrected chi connectivity index (χ3v) is 3.50. The zero-order valence-electron chi connectivity index (χ0n) is 13.0. The van der Waals surface area contributed by atoms with Gasteiger partial charge in [-0.2, -0.15) is 0 Å². The van der Waals surface area contributed by atoms with E-state index in [9.17, 15) is 9.59 Å². The van der Waals surface area contributed by atoms with E-state index in [4.69, 9.17) is 15.2 Å². The number of nitrogen functional groups attached to an aromatic ring is 1. The number of pyridine rings is 1. The molecule has 2 aromatic rings. The summed E-state index contributed by atoms with van der Waals surface area (Å²) in [7, 11) is 2.79. The van der Waals surface area contributed by atoms with Crippen LogP contribution >= 0.6 is 0 Å². The molecule has 0 saturated heterocycles. The summed E-state index contributed by atoms with van der Waals surface area (Å²) in [6.07, 6.45) is 0. The van der Waals surface area contributed by atoms with Gasteiger partial charge in [0.25, 0.3) is 0 Å². The molecule has 6 heteroatoms. The minimum absolute atomic E-state index is 0.0162. The first-order chi connectivity index (χ1) is 10.4. The summed E-state index contributed by atoms with van der Waals surface area (Å²) in [6.45, 7) is 3.48. The Morgan fingerprint density at radius 1 is 1.18 bits per heavy atom. The minimum atomic E-state index is -0.655. The summed E-state index contributed by atoms with van der Waals surface area (Å²) < 4.78 is 11.6. The number of benzene rings is 1. The van der Waals surface area contributed by atoms with Gasteiger partial charge >= 0.3 is 5.97 Å². The van der Waals surface area contributed by atoms with Gasteiger partial charge in [-0.3, -0.25) is 4.79 Å². The second-order valence-corrected chi connectivity index (χ2v) is 4.86. The second kappa shape index (κ2) is 5.93. The third kappa shape index (κ3) is 2.55. The molecule has 1 aromatic carbocycles. The zero-order valence-corrected chi connectivity index (χ0v) is 13.0. The lowest BCUT2D eigenvalue weighted by atomic mass is 10.1. The Morgan fingerprint density at radius 2 is 1.86 bits per heavy atom. The minimum Gasteiger partial charge on any atom is -0.495 e. The van der Waals surface area contributed by atoms with Crippen LogP contribution in [0.25, 0.3) is 5.69 Å². The Morgan fingerprint density at radius 3 is 2.41 bits per heavy atom. The quantitative estimate of drug-likeness (QED) is 0.691. The Bertz CT molecular complexity index is 793. The number of rotatable bonds is 3. The Kier molecular flexibility index (Phi) is 4.21.